The number of halogens is 1. The first-order valence-corrected chi connectivity index (χ1v) is 10.8. The third kappa shape index (κ3) is 4.09. The fraction of sp³-hybridized carbons (Fsp3) is 0.429. The number of anilines is 1. The van der Waals surface area contributed by atoms with Gasteiger partial charge in [0.25, 0.3) is 5.91 Å². The lowest BCUT2D eigenvalue weighted by molar-refractivity contribution is -0.120. The van der Waals surface area contributed by atoms with Crippen molar-refractivity contribution in [2.45, 2.75) is 26.2 Å². The number of ether oxygens (including phenoxy) is 1. The molecule has 1 aromatic heterocycles. The number of aryl methyl sites for hydroxylation is 2. The summed E-state index contributed by atoms with van der Waals surface area (Å²) in [6, 6.07) is 7.46. The molecule has 1 unspecified atom stereocenters. The standard InChI is InChI=1S/C21H23ClN2O3S/c1-13-10-16(22)3-4-17(13)23-20(25)14-2-5-18-15(11-14)12-19(28-18)21(26)24-6-8-27-9-7-24/h3-4,10,12,14H,2,5-9,11H2,1H3,(H,23,25). The number of fused-ring (bicyclic) bond motifs is 1. The zero-order valence-electron chi connectivity index (χ0n) is 15.8. The van der Waals surface area contributed by atoms with Gasteiger partial charge in [0.1, 0.15) is 0 Å². The third-order valence-electron chi connectivity index (χ3n) is 5.41. The predicted octanol–water partition coefficient (Wildman–Crippen LogP) is 3.93. The van der Waals surface area contributed by atoms with Gasteiger partial charge in [-0.25, -0.2) is 0 Å². The van der Waals surface area contributed by atoms with Gasteiger partial charge in [-0.15, -0.1) is 11.3 Å². The number of rotatable bonds is 3. The first-order valence-electron chi connectivity index (χ1n) is 9.57. The molecule has 1 aromatic carbocycles. The van der Waals surface area contributed by atoms with E-state index in [1.54, 1.807) is 17.4 Å². The SMILES string of the molecule is Cc1cc(Cl)ccc1NC(=O)C1CCc2sc(C(=O)N3CCOCC3)cc2C1. The molecule has 2 heterocycles. The van der Waals surface area contributed by atoms with Crippen LogP contribution in [-0.4, -0.2) is 43.0 Å². The second kappa shape index (κ2) is 8.23. The summed E-state index contributed by atoms with van der Waals surface area (Å²) in [6.45, 7) is 4.43. The average Bonchev–Trinajstić information content (AvgIpc) is 3.13. The summed E-state index contributed by atoms with van der Waals surface area (Å²) in [7, 11) is 0. The molecule has 1 aliphatic carbocycles. The van der Waals surface area contributed by atoms with Crippen molar-refractivity contribution in [2.24, 2.45) is 5.92 Å². The Bertz CT molecular complexity index is 905. The minimum Gasteiger partial charge on any atom is -0.378 e. The lowest BCUT2D eigenvalue weighted by Crippen LogP contribution is -2.40. The number of amides is 2. The van der Waals surface area contributed by atoms with Crippen molar-refractivity contribution in [3.8, 4) is 0 Å². The smallest absolute Gasteiger partial charge is 0.264 e. The molecule has 2 amide bonds. The van der Waals surface area contributed by atoms with Gasteiger partial charge in [0.15, 0.2) is 0 Å². The van der Waals surface area contributed by atoms with Crippen LogP contribution >= 0.6 is 22.9 Å². The van der Waals surface area contributed by atoms with Crippen LogP contribution in [0, 0.1) is 12.8 Å². The van der Waals surface area contributed by atoms with Crippen LogP contribution in [0.2, 0.25) is 5.02 Å². The van der Waals surface area contributed by atoms with Crippen LogP contribution in [0.25, 0.3) is 0 Å². The zero-order chi connectivity index (χ0) is 19.7. The quantitative estimate of drug-likeness (QED) is 0.821. The van der Waals surface area contributed by atoms with Gasteiger partial charge in [-0.2, -0.15) is 0 Å². The van der Waals surface area contributed by atoms with Crippen LogP contribution < -0.4 is 5.32 Å². The molecule has 1 N–H and O–H groups in total. The molecular formula is C21H23ClN2O3S. The molecule has 28 heavy (non-hydrogen) atoms. The maximum absolute atomic E-state index is 12.8. The van der Waals surface area contributed by atoms with E-state index in [-0.39, 0.29) is 17.7 Å². The molecular weight excluding hydrogens is 396 g/mol. The number of hydrogen-bond donors (Lipinski definition) is 1. The van der Waals surface area contributed by atoms with Gasteiger partial charge in [0.05, 0.1) is 18.1 Å². The van der Waals surface area contributed by atoms with E-state index >= 15 is 0 Å². The topological polar surface area (TPSA) is 58.6 Å². The third-order valence-corrected chi connectivity index (χ3v) is 6.87. The fourth-order valence-electron chi connectivity index (χ4n) is 3.78. The summed E-state index contributed by atoms with van der Waals surface area (Å²) in [5.74, 6) is 0.0346. The number of benzene rings is 1. The lowest BCUT2D eigenvalue weighted by atomic mass is 9.87. The zero-order valence-corrected chi connectivity index (χ0v) is 17.4. The average molecular weight is 419 g/mol. The summed E-state index contributed by atoms with van der Waals surface area (Å²) in [5.41, 5.74) is 2.89. The van der Waals surface area contributed by atoms with E-state index in [0.29, 0.717) is 37.7 Å². The highest BCUT2D eigenvalue weighted by Crippen LogP contribution is 2.34. The first-order chi connectivity index (χ1) is 13.5. The minimum atomic E-state index is -0.0801. The number of carbonyl (C=O) groups is 2. The summed E-state index contributed by atoms with van der Waals surface area (Å²) in [6.07, 6.45) is 2.33. The van der Waals surface area contributed by atoms with Crippen LogP contribution in [0.5, 0.6) is 0 Å². The molecule has 1 atom stereocenters. The molecule has 2 aromatic rings. The van der Waals surface area contributed by atoms with Gasteiger partial charge in [-0.3, -0.25) is 9.59 Å². The Hall–Kier alpha value is -1.89. The second-order valence-electron chi connectivity index (χ2n) is 7.35. The first kappa shape index (κ1) is 19.4. The van der Waals surface area contributed by atoms with E-state index < -0.39 is 0 Å². The Morgan fingerprint density at radius 1 is 1.25 bits per heavy atom. The summed E-state index contributed by atoms with van der Waals surface area (Å²) >= 11 is 7.57. The van der Waals surface area contributed by atoms with Crippen LogP contribution in [0.1, 0.15) is 32.1 Å². The van der Waals surface area contributed by atoms with E-state index in [2.05, 4.69) is 5.32 Å². The Kier molecular flexibility index (Phi) is 5.71. The number of carbonyl (C=O) groups excluding carboxylic acids is 2. The maximum atomic E-state index is 12.8. The molecule has 4 rings (SSSR count). The largest absolute Gasteiger partial charge is 0.378 e. The molecule has 1 aliphatic heterocycles. The van der Waals surface area contributed by atoms with E-state index in [9.17, 15) is 9.59 Å². The van der Waals surface area contributed by atoms with Gasteiger partial charge in [-0.1, -0.05) is 11.6 Å². The van der Waals surface area contributed by atoms with Gasteiger partial charge >= 0.3 is 0 Å². The molecule has 5 nitrogen and oxygen atoms in total. The normalized spacial score (nSPS) is 19.2. The highest BCUT2D eigenvalue weighted by atomic mass is 35.5. The summed E-state index contributed by atoms with van der Waals surface area (Å²) in [4.78, 5) is 29.4. The van der Waals surface area contributed by atoms with Crippen molar-refractivity contribution in [3.63, 3.8) is 0 Å². The van der Waals surface area contributed by atoms with Crippen LogP contribution in [0.15, 0.2) is 24.3 Å². The van der Waals surface area contributed by atoms with Crippen LogP contribution in [-0.2, 0) is 22.4 Å². The molecule has 0 bridgehead atoms. The minimum absolute atomic E-state index is 0.0309. The number of hydrogen-bond acceptors (Lipinski definition) is 4. The van der Waals surface area contributed by atoms with Crippen molar-refractivity contribution >= 4 is 40.4 Å². The maximum Gasteiger partial charge on any atom is 0.264 e. The van der Waals surface area contributed by atoms with Gasteiger partial charge in [0.2, 0.25) is 5.91 Å². The summed E-state index contributed by atoms with van der Waals surface area (Å²) in [5, 5.41) is 3.70. The highest BCUT2D eigenvalue weighted by Gasteiger charge is 2.29. The van der Waals surface area contributed by atoms with Crippen molar-refractivity contribution in [2.75, 3.05) is 31.6 Å². The molecule has 1 saturated heterocycles. The van der Waals surface area contributed by atoms with Crippen LogP contribution in [0.3, 0.4) is 0 Å². The predicted molar refractivity (Wildman–Crippen MR) is 111 cm³/mol. The molecule has 2 aliphatic rings. The molecule has 0 radical (unpaired) electrons. The van der Waals surface area contributed by atoms with Crippen molar-refractivity contribution in [1.29, 1.82) is 0 Å². The molecule has 1 fully saturated rings. The Labute approximate surface area is 173 Å². The number of nitrogens with zero attached hydrogens (tertiary/aromatic N) is 1. The Balaban J connectivity index is 1.43. The lowest BCUT2D eigenvalue weighted by Gasteiger charge is -2.26. The van der Waals surface area contributed by atoms with E-state index in [4.69, 9.17) is 16.3 Å². The van der Waals surface area contributed by atoms with E-state index in [1.807, 2.05) is 30.0 Å². The molecule has 148 valence electrons. The number of morpholine rings is 1. The summed E-state index contributed by atoms with van der Waals surface area (Å²) < 4.78 is 5.33. The highest BCUT2D eigenvalue weighted by molar-refractivity contribution is 7.14. The molecule has 0 saturated carbocycles. The van der Waals surface area contributed by atoms with Gasteiger partial charge in [-0.05, 0) is 61.6 Å². The Morgan fingerprint density at radius 3 is 2.79 bits per heavy atom. The monoisotopic (exact) mass is 418 g/mol. The second-order valence-corrected chi connectivity index (χ2v) is 8.93. The van der Waals surface area contributed by atoms with Crippen LogP contribution in [0.4, 0.5) is 5.69 Å². The van der Waals surface area contributed by atoms with Gasteiger partial charge < -0.3 is 15.0 Å². The van der Waals surface area contributed by atoms with Gasteiger partial charge in [0, 0.05) is 34.6 Å². The Morgan fingerprint density at radius 2 is 2.04 bits per heavy atom. The van der Waals surface area contributed by atoms with E-state index in [1.165, 1.54) is 4.88 Å². The number of thiophene rings is 1. The fourth-order valence-corrected chi connectivity index (χ4v) is 5.18. The van der Waals surface area contributed by atoms with Crippen molar-refractivity contribution < 1.29 is 14.3 Å². The molecule has 0 spiro atoms. The van der Waals surface area contributed by atoms with Crippen molar-refractivity contribution in [3.05, 3.63) is 50.2 Å². The van der Waals surface area contributed by atoms with Crippen molar-refractivity contribution in [1.82, 2.24) is 4.90 Å². The molecule has 7 heteroatoms. The number of nitrogens with one attached hydrogen (secondary N) is 1. The van der Waals surface area contributed by atoms with E-state index in [0.717, 1.165) is 34.5 Å².